The first-order valence-electron chi connectivity index (χ1n) is 15.8. The van der Waals surface area contributed by atoms with Gasteiger partial charge in [-0.2, -0.15) is 0 Å². The summed E-state index contributed by atoms with van der Waals surface area (Å²) in [6.07, 6.45) is 4.78. The number of aromatic hydroxyl groups is 1. The van der Waals surface area contributed by atoms with Gasteiger partial charge in [0.25, 0.3) is 5.91 Å². The highest BCUT2D eigenvalue weighted by Crippen LogP contribution is 2.43. The summed E-state index contributed by atoms with van der Waals surface area (Å²) >= 11 is 0. The molecule has 3 heterocycles. The van der Waals surface area contributed by atoms with Crippen molar-refractivity contribution in [1.82, 2.24) is 20.9 Å². The zero-order chi connectivity index (χ0) is 33.3. The van der Waals surface area contributed by atoms with E-state index < -0.39 is 42.0 Å². The van der Waals surface area contributed by atoms with Crippen molar-refractivity contribution in [1.29, 1.82) is 0 Å². The van der Waals surface area contributed by atoms with Crippen LogP contribution < -0.4 is 20.7 Å². The van der Waals surface area contributed by atoms with Crippen LogP contribution in [0.2, 0.25) is 0 Å². The van der Waals surface area contributed by atoms with E-state index >= 15 is 0 Å². The van der Waals surface area contributed by atoms with Crippen LogP contribution in [-0.4, -0.2) is 76.1 Å². The normalized spacial score (nSPS) is 23.1. The molecule has 7 rings (SSSR count). The van der Waals surface area contributed by atoms with E-state index in [2.05, 4.69) is 40.2 Å². The summed E-state index contributed by atoms with van der Waals surface area (Å²) < 4.78 is 5.92. The number of rotatable bonds is 2. The lowest BCUT2D eigenvalue weighted by Crippen LogP contribution is -2.59. The number of carbonyl (C=O) groups is 4. The molecule has 1 aliphatic carbocycles. The number of carbonyl (C=O) groups excluding carboxylic acids is 4. The van der Waals surface area contributed by atoms with Gasteiger partial charge in [-0.05, 0) is 73.7 Å². The summed E-state index contributed by atoms with van der Waals surface area (Å²) in [5.41, 5.74) is 2.98. The minimum atomic E-state index is -1.44. The lowest BCUT2D eigenvalue weighted by Gasteiger charge is -2.40. The number of aliphatic hydroxyl groups is 1. The van der Waals surface area contributed by atoms with E-state index in [0.717, 1.165) is 18.4 Å². The van der Waals surface area contributed by atoms with E-state index in [4.69, 9.17) is 4.74 Å². The second kappa shape index (κ2) is 12.9. The molecular weight excluding hydrogens is 600 g/mol. The van der Waals surface area contributed by atoms with Gasteiger partial charge in [0.15, 0.2) is 0 Å². The molecular formula is C36H38N4O7. The number of phenols is 1. The van der Waals surface area contributed by atoms with Crippen LogP contribution in [-0.2, 0) is 26.2 Å². The second-order valence-electron chi connectivity index (χ2n) is 12.5. The lowest BCUT2D eigenvalue weighted by atomic mass is 9.74. The van der Waals surface area contributed by atoms with E-state index in [9.17, 15) is 29.4 Å². The van der Waals surface area contributed by atoms with Crippen molar-refractivity contribution in [3.63, 3.8) is 0 Å². The molecule has 4 aliphatic rings. The molecule has 1 fully saturated rings. The molecule has 4 amide bonds. The van der Waals surface area contributed by atoms with Gasteiger partial charge in [-0.25, -0.2) is 0 Å². The molecule has 11 nitrogen and oxygen atoms in total. The number of hydrogen-bond acceptors (Lipinski definition) is 7. The average molecular weight is 639 g/mol. The van der Waals surface area contributed by atoms with Gasteiger partial charge in [0.1, 0.15) is 35.4 Å². The maximum atomic E-state index is 14.0. The Hall–Kier alpha value is -5.16. The van der Waals surface area contributed by atoms with Crippen LogP contribution in [0.15, 0.2) is 72.8 Å². The zero-order valence-corrected chi connectivity index (χ0v) is 26.2. The molecule has 47 heavy (non-hydrogen) atoms. The zero-order valence-electron chi connectivity index (χ0n) is 26.2. The maximum Gasteiger partial charge on any atom is 0.255 e. The van der Waals surface area contributed by atoms with Crippen LogP contribution in [0.1, 0.15) is 53.7 Å². The Bertz CT molecular complexity index is 1730. The Kier molecular flexibility index (Phi) is 8.74. The summed E-state index contributed by atoms with van der Waals surface area (Å²) in [5.74, 6) is -2.10. The van der Waals surface area contributed by atoms with Gasteiger partial charge in [0.2, 0.25) is 17.7 Å². The number of amides is 4. The monoisotopic (exact) mass is 638 g/mol. The van der Waals surface area contributed by atoms with Crippen molar-refractivity contribution in [3.05, 3.63) is 95.1 Å². The van der Waals surface area contributed by atoms with Gasteiger partial charge in [0.05, 0.1) is 11.7 Å². The van der Waals surface area contributed by atoms with E-state index in [-0.39, 0.29) is 34.8 Å². The van der Waals surface area contributed by atoms with Crippen LogP contribution in [0.25, 0.3) is 6.08 Å². The average Bonchev–Trinajstić information content (AvgIpc) is 3.41. The summed E-state index contributed by atoms with van der Waals surface area (Å²) in [7, 11) is 0. The first kappa shape index (κ1) is 31.8. The van der Waals surface area contributed by atoms with Gasteiger partial charge in [-0.15, -0.1) is 0 Å². The molecule has 4 atom stereocenters. The number of nitrogens with zero attached hydrogens (tertiary/aromatic N) is 1. The number of nitrogens with one attached hydrogen (secondary N) is 3. The molecule has 244 valence electrons. The van der Waals surface area contributed by atoms with Gasteiger partial charge < -0.3 is 35.8 Å². The van der Waals surface area contributed by atoms with Gasteiger partial charge in [-0.3, -0.25) is 19.2 Å². The maximum absolute atomic E-state index is 14.0. The molecule has 3 aromatic carbocycles. The topological polar surface area (TPSA) is 157 Å². The molecule has 0 saturated carbocycles. The molecule has 5 N–H and O–H groups in total. The number of aliphatic hydroxyl groups excluding tert-OH is 1. The third kappa shape index (κ3) is 6.57. The third-order valence-electron chi connectivity index (χ3n) is 9.28. The fourth-order valence-electron chi connectivity index (χ4n) is 6.53. The number of likely N-dealkylation sites (tertiary alicyclic amines) is 1. The minimum absolute atomic E-state index is 0.114. The van der Waals surface area contributed by atoms with Crippen molar-refractivity contribution in [2.45, 2.75) is 62.8 Å². The molecule has 0 aromatic heterocycles. The number of piperidine rings is 1. The number of ether oxygens (including phenoxy) is 1. The van der Waals surface area contributed by atoms with Crippen molar-refractivity contribution in [2.75, 3.05) is 13.1 Å². The highest BCUT2D eigenvalue weighted by Gasteiger charge is 2.40. The van der Waals surface area contributed by atoms with Gasteiger partial charge >= 0.3 is 0 Å². The fraction of sp³-hybridized carbons (Fsp3) is 0.333. The van der Waals surface area contributed by atoms with Crippen molar-refractivity contribution < 1.29 is 34.1 Å². The quantitative estimate of drug-likeness (QED) is 0.270. The van der Waals surface area contributed by atoms with E-state index in [1.165, 1.54) is 43.2 Å². The molecule has 4 bridgehead atoms. The Morgan fingerprint density at radius 3 is 2.36 bits per heavy atom. The highest BCUT2D eigenvalue weighted by molar-refractivity contribution is 6.01. The molecule has 0 radical (unpaired) electrons. The lowest BCUT2D eigenvalue weighted by molar-refractivity contribution is -0.138. The molecule has 3 aromatic rings. The Labute approximate surface area is 272 Å². The molecule has 11 heteroatoms. The number of hydrogen-bond donors (Lipinski definition) is 5. The largest absolute Gasteiger partial charge is 0.507 e. The Morgan fingerprint density at radius 2 is 1.64 bits per heavy atom. The van der Waals surface area contributed by atoms with Crippen LogP contribution in [0.3, 0.4) is 0 Å². The van der Waals surface area contributed by atoms with Crippen LogP contribution >= 0.6 is 0 Å². The van der Waals surface area contributed by atoms with Crippen LogP contribution in [0, 0.1) is 0 Å². The smallest absolute Gasteiger partial charge is 0.255 e. The SMILES string of the molecule is C[C@@H]1NC(=O)[C@H]([C@@H](C)O)NC(=O)c2cc(ccc2O)Oc2ccc(cc2)C[C@@H](C(=O)N2CCC3(C=Cc4ccccc43)CC2)NC1=O. The number of benzene rings is 3. The van der Waals surface area contributed by atoms with Crippen LogP contribution in [0.4, 0.5) is 0 Å². The van der Waals surface area contributed by atoms with E-state index in [1.807, 2.05) is 12.1 Å². The van der Waals surface area contributed by atoms with Gasteiger partial charge in [0, 0.05) is 24.9 Å². The standard InChI is InChI=1S/C36H38N4O7/c1-21-32(43)38-29(35(46)40-17-15-36(16-18-40)14-13-24-5-3-4-6-28(24)36)19-23-7-9-25(10-8-23)47-26-11-12-30(42)27(20-26)33(44)39-31(22(2)41)34(45)37-21/h3-14,20-22,29,31,41-42H,15-19H2,1-2H3,(H,37,45)(H,38,43)(H,39,44)/t21-,22+,29-,31-/m0/s1. The summed E-state index contributed by atoms with van der Waals surface area (Å²) in [4.78, 5) is 55.5. The first-order chi connectivity index (χ1) is 22.5. The number of allylic oxidation sites excluding steroid dienone is 1. The second-order valence-corrected chi connectivity index (χ2v) is 12.5. The molecule has 0 unspecified atom stereocenters. The fourth-order valence-corrected chi connectivity index (χ4v) is 6.53. The highest BCUT2D eigenvalue weighted by atomic mass is 16.5. The van der Waals surface area contributed by atoms with Crippen molar-refractivity contribution in [3.8, 4) is 17.2 Å². The Balaban J connectivity index is 1.26. The van der Waals surface area contributed by atoms with Crippen molar-refractivity contribution >= 4 is 29.7 Å². The summed E-state index contributed by atoms with van der Waals surface area (Å²) in [6, 6.07) is 16.0. The van der Waals surface area contributed by atoms with Crippen molar-refractivity contribution in [2.24, 2.45) is 0 Å². The predicted molar refractivity (Wildman–Crippen MR) is 174 cm³/mol. The molecule has 3 aliphatic heterocycles. The van der Waals surface area contributed by atoms with E-state index in [1.54, 1.807) is 29.2 Å². The van der Waals surface area contributed by atoms with E-state index in [0.29, 0.717) is 18.8 Å². The number of phenolic OH excluding ortho intramolecular Hbond substituents is 1. The summed E-state index contributed by atoms with van der Waals surface area (Å²) in [6.45, 7) is 3.83. The molecule has 1 spiro atoms. The third-order valence-corrected chi connectivity index (χ3v) is 9.28. The molecule has 1 saturated heterocycles. The number of fused-ring (bicyclic) bond motifs is 13. The first-order valence-corrected chi connectivity index (χ1v) is 15.8. The van der Waals surface area contributed by atoms with Gasteiger partial charge in [-0.1, -0.05) is 48.6 Å². The van der Waals surface area contributed by atoms with Crippen LogP contribution in [0.5, 0.6) is 17.2 Å². The summed E-state index contributed by atoms with van der Waals surface area (Å²) in [5, 5.41) is 28.5. The predicted octanol–water partition coefficient (Wildman–Crippen LogP) is 2.80. The Morgan fingerprint density at radius 1 is 0.936 bits per heavy atom. The minimum Gasteiger partial charge on any atom is -0.507 e.